The van der Waals surface area contributed by atoms with Crippen molar-refractivity contribution >= 4 is 34.6 Å². The second-order valence-corrected chi connectivity index (χ2v) is 7.00. The molecule has 0 amide bonds. The summed E-state index contributed by atoms with van der Waals surface area (Å²) in [6.45, 7) is 2.01. The first-order chi connectivity index (χ1) is 12.6. The minimum absolute atomic E-state index is 0.0707. The van der Waals surface area contributed by atoms with Crippen molar-refractivity contribution in [3.8, 4) is 0 Å². The Morgan fingerprint density at radius 3 is 2.23 bits per heavy atom. The topological polar surface area (TPSA) is 24.1 Å². The van der Waals surface area contributed by atoms with E-state index in [0.29, 0.717) is 10.1 Å². The summed E-state index contributed by atoms with van der Waals surface area (Å²) in [6, 6.07) is 26.6. The summed E-state index contributed by atoms with van der Waals surface area (Å²) in [5.41, 5.74) is 4.35. The fourth-order valence-electron chi connectivity index (χ4n) is 2.89. The van der Waals surface area contributed by atoms with Gasteiger partial charge in [0.1, 0.15) is 0 Å². The molecular formula is C22H21ClN2S. The number of hydrogen-bond donors (Lipinski definition) is 2. The third-order valence-electron chi connectivity index (χ3n) is 4.25. The lowest BCUT2D eigenvalue weighted by Gasteiger charge is -2.22. The summed E-state index contributed by atoms with van der Waals surface area (Å²) in [5, 5.41) is 7.92. The Morgan fingerprint density at radius 1 is 0.923 bits per heavy atom. The molecule has 0 bridgehead atoms. The predicted octanol–water partition coefficient (Wildman–Crippen LogP) is 5.92. The van der Waals surface area contributed by atoms with Crippen molar-refractivity contribution in [2.45, 2.75) is 19.4 Å². The lowest BCUT2D eigenvalue weighted by molar-refractivity contribution is 0.648. The van der Waals surface area contributed by atoms with Crippen LogP contribution in [0.1, 0.15) is 22.7 Å². The van der Waals surface area contributed by atoms with Crippen molar-refractivity contribution < 1.29 is 0 Å². The molecule has 0 saturated carbocycles. The smallest absolute Gasteiger partial charge is 0.171 e. The van der Waals surface area contributed by atoms with E-state index >= 15 is 0 Å². The van der Waals surface area contributed by atoms with Crippen molar-refractivity contribution in [2.24, 2.45) is 0 Å². The van der Waals surface area contributed by atoms with E-state index in [9.17, 15) is 0 Å². The van der Waals surface area contributed by atoms with Crippen LogP contribution in [0, 0.1) is 6.92 Å². The van der Waals surface area contributed by atoms with E-state index in [2.05, 4.69) is 47.0 Å². The van der Waals surface area contributed by atoms with Crippen LogP contribution in [0.15, 0.2) is 78.9 Å². The minimum atomic E-state index is 0.0707. The summed E-state index contributed by atoms with van der Waals surface area (Å²) < 4.78 is 0. The number of halogens is 1. The number of benzene rings is 3. The average Bonchev–Trinajstić information content (AvgIpc) is 2.66. The van der Waals surface area contributed by atoms with Crippen LogP contribution < -0.4 is 10.6 Å². The van der Waals surface area contributed by atoms with Crippen LogP contribution in [0.4, 0.5) is 5.69 Å². The fourth-order valence-corrected chi connectivity index (χ4v) is 3.40. The van der Waals surface area contributed by atoms with Gasteiger partial charge in [-0.1, -0.05) is 84.4 Å². The molecular weight excluding hydrogens is 360 g/mol. The number of para-hydroxylation sites is 1. The van der Waals surface area contributed by atoms with Gasteiger partial charge in [0.2, 0.25) is 0 Å². The molecule has 0 radical (unpaired) electrons. The third kappa shape index (κ3) is 4.84. The molecule has 3 aromatic rings. The molecule has 0 fully saturated rings. The van der Waals surface area contributed by atoms with Gasteiger partial charge in [-0.15, -0.1) is 0 Å². The molecule has 1 atom stereocenters. The number of thiocarbonyl (C=S) groups is 1. The quantitative estimate of drug-likeness (QED) is 0.537. The molecule has 2 nitrogen and oxygen atoms in total. The van der Waals surface area contributed by atoms with Crippen LogP contribution in [0.25, 0.3) is 0 Å². The summed E-state index contributed by atoms with van der Waals surface area (Å²) in [5.74, 6) is 0. The molecule has 3 aromatic carbocycles. The number of aryl methyl sites for hydroxylation is 1. The summed E-state index contributed by atoms with van der Waals surface area (Å²) >= 11 is 11.9. The number of nitrogens with one attached hydrogen (secondary N) is 2. The summed E-state index contributed by atoms with van der Waals surface area (Å²) in [6.07, 6.45) is 0.841. The van der Waals surface area contributed by atoms with E-state index < -0.39 is 0 Å². The third-order valence-corrected chi connectivity index (χ3v) is 4.79. The molecule has 26 heavy (non-hydrogen) atoms. The van der Waals surface area contributed by atoms with E-state index in [-0.39, 0.29) is 6.04 Å². The molecule has 0 aliphatic rings. The lowest BCUT2D eigenvalue weighted by Crippen LogP contribution is -2.33. The van der Waals surface area contributed by atoms with Crippen LogP contribution in [0.2, 0.25) is 5.02 Å². The monoisotopic (exact) mass is 380 g/mol. The Balaban J connectivity index is 1.78. The van der Waals surface area contributed by atoms with Crippen LogP contribution in [-0.2, 0) is 6.42 Å². The van der Waals surface area contributed by atoms with Gasteiger partial charge in [-0.2, -0.15) is 0 Å². The molecule has 0 spiro atoms. The van der Waals surface area contributed by atoms with Crippen molar-refractivity contribution in [2.75, 3.05) is 5.32 Å². The molecule has 0 saturated heterocycles. The van der Waals surface area contributed by atoms with Gasteiger partial charge in [0.05, 0.1) is 16.8 Å². The van der Waals surface area contributed by atoms with Gasteiger partial charge in [-0.3, -0.25) is 0 Å². The first-order valence-corrected chi connectivity index (χ1v) is 9.33. The van der Waals surface area contributed by atoms with E-state index in [4.69, 9.17) is 23.8 Å². The highest BCUT2D eigenvalue weighted by Crippen LogP contribution is 2.25. The Kier molecular flexibility index (Phi) is 6.26. The molecule has 3 rings (SSSR count). The van der Waals surface area contributed by atoms with Crippen molar-refractivity contribution in [1.29, 1.82) is 0 Å². The highest BCUT2D eigenvalue weighted by atomic mass is 35.5. The van der Waals surface area contributed by atoms with Crippen molar-refractivity contribution in [1.82, 2.24) is 5.32 Å². The van der Waals surface area contributed by atoms with E-state index in [1.807, 2.05) is 49.4 Å². The predicted molar refractivity (Wildman–Crippen MR) is 115 cm³/mol. The van der Waals surface area contributed by atoms with Crippen LogP contribution in [0.3, 0.4) is 0 Å². The fraction of sp³-hybridized carbons (Fsp3) is 0.136. The van der Waals surface area contributed by atoms with Crippen LogP contribution in [0.5, 0.6) is 0 Å². The summed E-state index contributed by atoms with van der Waals surface area (Å²) in [7, 11) is 0. The lowest BCUT2D eigenvalue weighted by atomic mass is 9.99. The minimum Gasteiger partial charge on any atom is -0.355 e. The van der Waals surface area contributed by atoms with Gasteiger partial charge in [0, 0.05) is 0 Å². The second kappa shape index (κ2) is 8.84. The van der Waals surface area contributed by atoms with Crippen molar-refractivity contribution in [3.05, 3.63) is 101 Å². The molecule has 0 unspecified atom stereocenters. The molecule has 0 aliphatic carbocycles. The SMILES string of the molecule is Cc1cccc(Cl)c1NC(=S)N[C@H](Cc1ccccc1)c1ccccc1. The number of hydrogen-bond acceptors (Lipinski definition) is 1. The highest BCUT2D eigenvalue weighted by Gasteiger charge is 2.14. The molecule has 2 N–H and O–H groups in total. The van der Waals surface area contributed by atoms with Gasteiger partial charge < -0.3 is 10.6 Å². The largest absolute Gasteiger partial charge is 0.355 e. The van der Waals surface area contributed by atoms with Gasteiger partial charge >= 0.3 is 0 Å². The zero-order valence-electron chi connectivity index (χ0n) is 14.6. The molecule has 0 aromatic heterocycles. The number of anilines is 1. The zero-order chi connectivity index (χ0) is 18.4. The molecule has 132 valence electrons. The Labute approximate surface area is 165 Å². The molecule has 0 aliphatic heterocycles. The van der Waals surface area contributed by atoms with Gasteiger partial charge in [-0.25, -0.2) is 0 Å². The van der Waals surface area contributed by atoms with Crippen LogP contribution in [-0.4, -0.2) is 5.11 Å². The Hall–Kier alpha value is -2.36. The number of rotatable bonds is 5. The van der Waals surface area contributed by atoms with Gasteiger partial charge in [-0.05, 0) is 48.3 Å². The maximum Gasteiger partial charge on any atom is 0.171 e. The maximum atomic E-state index is 6.31. The normalized spacial score (nSPS) is 11.6. The first-order valence-electron chi connectivity index (χ1n) is 8.55. The standard InChI is InChI=1S/C22H21ClN2S/c1-16-9-8-14-19(23)21(16)25-22(26)24-20(18-12-6-3-7-13-18)15-17-10-4-2-5-11-17/h2-14,20H,15H2,1H3,(H2,24,25,26)/t20-/m1/s1. The zero-order valence-corrected chi connectivity index (χ0v) is 16.1. The molecule has 4 heteroatoms. The van der Waals surface area contributed by atoms with Gasteiger partial charge in [0.25, 0.3) is 0 Å². The van der Waals surface area contributed by atoms with Gasteiger partial charge in [0.15, 0.2) is 5.11 Å². The average molecular weight is 381 g/mol. The Morgan fingerprint density at radius 2 is 1.58 bits per heavy atom. The van der Waals surface area contributed by atoms with E-state index in [1.165, 1.54) is 11.1 Å². The Bertz CT molecular complexity index is 846. The van der Waals surface area contributed by atoms with Crippen molar-refractivity contribution in [3.63, 3.8) is 0 Å². The maximum absolute atomic E-state index is 6.31. The van der Waals surface area contributed by atoms with E-state index in [0.717, 1.165) is 17.7 Å². The summed E-state index contributed by atoms with van der Waals surface area (Å²) in [4.78, 5) is 0. The van der Waals surface area contributed by atoms with Crippen LogP contribution >= 0.6 is 23.8 Å². The van der Waals surface area contributed by atoms with E-state index in [1.54, 1.807) is 0 Å². The molecule has 0 heterocycles. The second-order valence-electron chi connectivity index (χ2n) is 6.18. The first kappa shape index (κ1) is 18.4. The highest BCUT2D eigenvalue weighted by molar-refractivity contribution is 7.80.